The molecule has 0 unspecified atom stereocenters. The third kappa shape index (κ3) is 5.01. The van der Waals surface area contributed by atoms with Gasteiger partial charge in [-0.1, -0.05) is 32.9 Å². The summed E-state index contributed by atoms with van der Waals surface area (Å²) in [7, 11) is 2.12. The van der Waals surface area contributed by atoms with Crippen molar-refractivity contribution in [2.24, 2.45) is 5.92 Å². The molecule has 0 saturated heterocycles. The van der Waals surface area contributed by atoms with Crippen molar-refractivity contribution in [2.75, 3.05) is 26.7 Å². The molecule has 1 fully saturated rings. The molecule has 0 aliphatic heterocycles. The number of benzene rings is 1. The number of ether oxygens (including phenoxy) is 1. The first-order valence-corrected chi connectivity index (χ1v) is 7.94. The number of aliphatic hydroxyl groups excluding tert-OH is 1. The van der Waals surface area contributed by atoms with Gasteiger partial charge in [0, 0.05) is 13.1 Å². The first-order valence-electron chi connectivity index (χ1n) is 7.94. The Labute approximate surface area is 128 Å². The Hall–Kier alpha value is -1.06. The Balaban J connectivity index is 1.68. The molecule has 118 valence electrons. The molecule has 0 amide bonds. The highest BCUT2D eigenvalue weighted by Crippen LogP contribution is 2.27. The lowest BCUT2D eigenvalue weighted by molar-refractivity contribution is 0.0269. The summed E-state index contributed by atoms with van der Waals surface area (Å²) < 4.78 is 5.81. The fourth-order valence-electron chi connectivity index (χ4n) is 2.75. The number of rotatable bonds is 6. The van der Waals surface area contributed by atoms with Gasteiger partial charge in [-0.15, -0.1) is 0 Å². The van der Waals surface area contributed by atoms with Crippen LogP contribution in [0.4, 0.5) is 0 Å². The van der Waals surface area contributed by atoms with Crippen molar-refractivity contribution in [3.05, 3.63) is 29.8 Å². The van der Waals surface area contributed by atoms with Crippen molar-refractivity contribution >= 4 is 0 Å². The van der Waals surface area contributed by atoms with Crippen LogP contribution in [0.5, 0.6) is 5.75 Å². The molecular weight excluding hydrogens is 262 g/mol. The van der Waals surface area contributed by atoms with E-state index in [2.05, 4.69) is 57.0 Å². The van der Waals surface area contributed by atoms with Gasteiger partial charge < -0.3 is 14.7 Å². The van der Waals surface area contributed by atoms with E-state index in [1.54, 1.807) is 0 Å². The lowest BCUT2D eigenvalue weighted by Gasteiger charge is -2.34. The Morgan fingerprint density at radius 2 is 1.81 bits per heavy atom. The van der Waals surface area contributed by atoms with Crippen molar-refractivity contribution in [3.63, 3.8) is 0 Å². The van der Waals surface area contributed by atoms with Crippen LogP contribution in [0.3, 0.4) is 0 Å². The van der Waals surface area contributed by atoms with Crippen LogP contribution in [0.15, 0.2) is 24.3 Å². The highest BCUT2D eigenvalue weighted by atomic mass is 16.5. The Morgan fingerprint density at radius 1 is 1.19 bits per heavy atom. The molecule has 3 nitrogen and oxygen atoms in total. The maximum Gasteiger partial charge on any atom is 0.119 e. The average molecular weight is 291 g/mol. The fourth-order valence-corrected chi connectivity index (χ4v) is 2.75. The van der Waals surface area contributed by atoms with E-state index in [0.717, 1.165) is 31.7 Å². The number of hydrogen-bond acceptors (Lipinski definition) is 3. The summed E-state index contributed by atoms with van der Waals surface area (Å²) in [6.07, 6.45) is 1.86. The first-order chi connectivity index (χ1) is 9.84. The molecule has 1 aromatic rings. The van der Waals surface area contributed by atoms with E-state index >= 15 is 0 Å². The molecule has 1 saturated carbocycles. The lowest BCUT2D eigenvalue weighted by atomic mass is 9.82. The minimum Gasteiger partial charge on any atom is -0.492 e. The number of hydrogen-bond donors (Lipinski definition) is 1. The van der Waals surface area contributed by atoms with Crippen LogP contribution in [0.1, 0.15) is 39.2 Å². The van der Waals surface area contributed by atoms with E-state index in [4.69, 9.17) is 4.74 Å². The summed E-state index contributed by atoms with van der Waals surface area (Å²) in [5.41, 5.74) is 1.52. The number of aliphatic hydroxyl groups is 1. The minimum absolute atomic E-state index is 0.0546. The highest BCUT2D eigenvalue weighted by Gasteiger charge is 2.27. The zero-order valence-corrected chi connectivity index (χ0v) is 13.8. The van der Waals surface area contributed by atoms with Crippen LogP contribution in [-0.4, -0.2) is 42.9 Å². The van der Waals surface area contributed by atoms with E-state index in [9.17, 15) is 5.11 Å². The molecule has 21 heavy (non-hydrogen) atoms. The predicted octanol–water partition coefficient (Wildman–Crippen LogP) is 3.07. The molecular formula is C18H29NO2. The zero-order chi connectivity index (χ0) is 15.5. The van der Waals surface area contributed by atoms with Gasteiger partial charge >= 0.3 is 0 Å². The Kier molecular flexibility index (Phi) is 5.28. The largest absolute Gasteiger partial charge is 0.492 e. The first kappa shape index (κ1) is 16.3. The molecule has 1 aliphatic rings. The molecule has 1 aliphatic carbocycles. The molecule has 0 atom stereocenters. The third-order valence-electron chi connectivity index (χ3n) is 4.24. The maximum atomic E-state index is 9.29. The van der Waals surface area contributed by atoms with Gasteiger partial charge in [0.1, 0.15) is 12.4 Å². The van der Waals surface area contributed by atoms with Crippen molar-refractivity contribution in [3.8, 4) is 5.75 Å². The van der Waals surface area contributed by atoms with Crippen molar-refractivity contribution in [1.29, 1.82) is 0 Å². The summed E-state index contributed by atoms with van der Waals surface area (Å²) in [5.74, 6) is 1.60. The average Bonchev–Trinajstić information content (AvgIpc) is 2.36. The van der Waals surface area contributed by atoms with Gasteiger partial charge in [0.2, 0.25) is 0 Å². The standard InChI is InChI=1S/C18H29NO2/c1-18(2,3)15-5-7-17(8-6-15)21-10-9-19(4)13-14-11-16(20)12-14/h5-8,14,16,20H,9-13H2,1-4H3. The summed E-state index contributed by atoms with van der Waals surface area (Å²) >= 11 is 0. The molecule has 1 aromatic carbocycles. The van der Waals surface area contributed by atoms with Crippen LogP contribution in [0, 0.1) is 5.92 Å². The Morgan fingerprint density at radius 3 is 2.33 bits per heavy atom. The van der Waals surface area contributed by atoms with Gasteiger partial charge in [-0.3, -0.25) is 0 Å². The molecule has 2 rings (SSSR count). The van der Waals surface area contributed by atoms with Crippen LogP contribution in [0.25, 0.3) is 0 Å². The SMILES string of the molecule is CN(CCOc1ccc(C(C)(C)C)cc1)CC1CC(O)C1. The quantitative estimate of drug-likeness (QED) is 0.874. The topological polar surface area (TPSA) is 32.7 Å². The van der Waals surface area contributed by atoms with Crippen molar-refractivity contribution in [2.45, 2.75) is 45.1 Å². The van der Waals surface area contributed by atoms with Crippen LogP contribution >= 0.6 is 0 Å². The van der Waals surface area contributed by atoms with Gasteiger partial charge in [-0.2, -0.15) is 0 Å². The second-order valence-electron chi connectivity index (χ2n) is 7.38. The fraction of sp³-hybridized carbons (Fsp3) is 0.667. The van der Waals surface area contributed by atoms with Crippen molar-refractivity contribution < 1.29 is 9.84 Å². The zero-order valence-electron chi connectivity index (χ0n) is 13.8. The second-order valence-corrected chi connectivity index (χ2v) is 7.38. The van der Waals surface area contributed by atoms with E-state index in [1.165, 1.54) is 5.56 Å². The van der Waals surface area contributed by atoms with Crippen LogP contribution in [-0.2, 0) is 5.41 Å². The lowest BCUT2D eigenvalue weighted by Crippen LogP contribution is -2.38. The van der Waals surface area contributed by atoms with E-state index in [0.29, 0.717) is 12.5 Å². The maximum absolute atomic E-state index is 9.29. The van der Waals surface area contributed by atoms with E-state index < -0.39 is 0 Å². The number of likely N-dealkylation sites (N-methyl/N-ethyl adjacent to an activating group) is 1. The molecule has 0 bridgehead atoms. The monoisotopic (exact) mass is 291 g/mol. The van der Waals surface area contributed by atoms with Crippen LogP contribution in [0.2, 0.25) is 0 Å². The van der Waals surface area contributed by atoms with Gasteiger partial charge in [-0.25, -0.2) is 0 Å². The van der Waals surface area contributed by atoms with Gasteiger partial charge in [-0.05, 0) is 48.9 Å². The van der Waals surface area contributed by atoms with Crippen molar-refractivity contribution in [1.82, 2.24) is 4.90 Å². The molecule has 1 N–H and O–H groups in total. The van der Waals surface area contributed by atoms with Crippen LogP contribution < -0.4 is 4.74 Å². The second kappa shape index (κ2) is 6.80. The summed E-state index contributed by atoms with van der Waals surface area (Å²) in [5, 5.41) is 9.29. The molecule has 0 spiro atoms. The smallest absolute Gasteiger partial charge is 0.119 e. The summed E-state index contributed by atoms with van der Waals surface area (Å²) in [6, 6.07) is 8.41. The molecule has 3 heteroatoms. The van der Waals surface area contributed by atoms with Gasteiger partial charge in [0.25, 0.3) is 0 Å². The van der Waals surface area contributed by atoms with Gasteiger partial charge in [0.05, 0.1) is 6.10 Å². The normalized spacial score (nSPS) is 22.2. The molecule has 0 aromatic heterocycles. The van der Waals surface area contributed by atoms with E-state index in [1.807, 2.05) is 0 Å². The Bertz CT molecular complexity index is 430. The molecule has 0 radical (unpaired) electrons. The summed E-state index contributed by atoms with van der Waals surface area (Å²) in [6.45, 7) is 9.34. The van der Waals surface area contributed by atoms with Gasteiger partial charge in [0.15, 0.2) is 0 Å². The predicted molar refractivity (Wildman–Crippen MR) is 86.9 cm³/mol. The van der Waals surface area contributed by atoms with E-state index in [-0.39, 0.29) is 11.5 Å². The summed E-state index contributed by atoms with van der Waals surface area (Å²) in [4.78, 5) is 2.29. The highest BCUT2D eigenvalue weighted by molar-refractivity contribution is 5.31. The number of nitrogens with zero attached hydrogens (tertiary/aromatic N) is 1. The minimum atomic E-state index is -0.0546. The molecule has 0 heterocycles. The third-order valence-corrected chi connectivity index (χ3v) is 4.24.